The molecular weight excluding hydrogens is 322 g/mol. The number of aromatic nitrogens is 2. The van der Waals surface area contributed by atoms with Crippen LogP contribution < -0.4 is 9.47 Å². The fraction of sp³-hybridized carbons (Fsp3) is 0.500. The number of hydrogen-bond acceptors (Lipinski definition) is 6. The molecule has 0 aliphatic carbocycles. The average molecular weight is 345 g/mol. The highest BCUT2D eigenvalue weighted by Gasteiger charge is 2.24. The zero-order chi connectivity index (χ0) is 17.8. The molecule has 25 heavy (non-hydrogen) atoms. The summed E-state index contributed by atoms with van der Waals surface area (Å²) >= 11 is 0. The van der Waals surface area contributed by atoms with Crippen molar-refractivity contribution in [1.29, 1.82) is 0 Å². The molecule has 3 rings (SSSR count). The van der Waals surface area contributed by atoms with E-state index in [2.05, 4.69) is 24.0 Å². The summed E-state index contributed by atoms with van der Waals surface area (Å²) in [5.41, 5.74) is 0.491. The van der Waals surface area contributed by atoms with Gasteiger partial charge in [0.05, 0.1) is 12.1 Å². The highest BCUT2D eigenvalue weighted by atomic mass is 16.6. The molecule has 0 atom stereocenters. The normalized spacial score (nSPS) is 13.1. The van der Waals surface area contributed by atoms with Crippen LogP contribution >= 0.6 is 0 Å². The van der Waals surface area contributed by atoms with E-state index in [4.69, 9.17) is 14.0 Å². The minimum atomic E-state index is -0.139. The van der Waals surface area contributed by atoms with Crippen molar-refractivity contribution in [3.05, 3.63) is 35.5 Å². The van der Waals surface area contributed by atoms with Gasteiger partial charge >= 0.3 is 0 Å². The van der Waals surface area contributed by atoms with Gasteiger partial charge in [-0.3, -0.25) is 4.79 Å². The molecule has 1 aliphatic rings. The van der Waals surface area contributed by atoms with Crippen molar-refractivity contribution >= 4 is 5.91 Å². The lowest BCUT2D eigenvalue weighted by Crippen LogP contribution is -2.31. The van der Waals surface area contributed by atoms with Crippen LogP contribution in [0.15, 0.2) is 22.7 Å². The predicted octanol–water partition coefficient (Wildman–Crippen LogP) is 2.70. The van der Waals surface area contributed by atoms with Gasteiger partial charge in [-0.05, 0) is 25.0 Å². The first-order valence-electron chi connectivity index (χ1n) is 8.57. The van der Waals surface area contributed by atoms with E-state index in [0.717, 1.165) is 6.42 Å². The summed E-state index contributed by atoms with van der Waals surface area (Å²) in [5, 5.41) is 3.98. The topological polar surface area (TPSA) is 77.7 Å². The fourth-order valence-corrected chi connectivity index (χ4v) is 2.70. The second-order valence-corrected chi connectivity index (χ2v) is 6.35. The minimum absolute atomic E-state index is 0.139. The minimum Gasteiger partial charge on any atom is -0.486 e. The number of benzene rings is 1. The van der Waals surface area contributed by atoms with Gasteiger partial charge in [-0.2, -0.15) is 4.98 Å². The van der Waals surface area contributed by atoms with Gasteiger partial charge in [-0.25, -0.2) is 0 Å². The molecule has 0 saturated heterocycles. The van der Waals surface area contributed by atoms with Crippen molar-refractivity contribution < 1.29 is 18.8 Å². The molecule has 1 aromatic carbocycles. The van der Waals surface area contributed by atoms with Gasteiger partial charge in [0.2, 0.25) is 5.89 Å². The van der Waals surface area contributed by atoms with E-state index in [0.29, 0.717) is 61.0 Å². The molecular formula is C18H23N3O4. The lowest BCUT2D eigenvalue weighted by molar-refractivity contribution is 0.0737. The van der Waals surface area contributed by atoms with Crippen molar-refractivity contribution in [2.45, 2.75) is 33.7 Å². The Morgan fingerprint density at radius 2 is 2.08 bits per heavy atom. The van der Waals surface area contributed by atoms with Gasteiger partial charge in [-0.1, -0.05) is 25.1 Å². The third-order valence-corrected chi connectivity index (χ3v) is 3.89. The Kier molecular flexibility index (Phi) is 5.21. The van der Waals surface area contributed by atoms with E-state index in [1.807, 2.05) is 6.92 Å². The Labute approximate surface area is 146 Å². The molecule has 0 radical (unpaired) electrons. The summed E-state index contributed by atoms with van der Waals surface area (Å²) in [7, 11) is 0. The molecule has 1 aliphatic heterocycles. The number of para-hydroxylation sites is 1. The van der Waals surface area contributed by atoms with E-state index in [-0.39, 0.29) is 5.91 Å². The van der Waals surface area contributed by atoms with Crippen LogP contribution in [0.2, 0.25) is 0 Å². The summed E-state index contributed by atoms with van der Waals surface area (Å²) in [6.07, 6.45) is 0.727. The van der Waals surface area contributed by atoms with Gasteiger partial charge in [0, 0.05) is 13.0 Å². The maximum Gasteiger partial charge on any atom is 0.258 e. The molecule has 0 spiro atoms. The number of carbonyl (C=O) groups is 1. The smallest absolute Gasteiger partial charge is 0.258 e. The van der Waals surface area contributed by atoms with E-state index in [1.165, 1.54) is 0 Å². The molecule has 7 nitrogen and oxygen atoms in total. The van der Waals surface area contributed by atoms with E-state index < -0.39 is 0 Å². The van der Waals surface area contributed by atoms with Crippen molar-refractivity contribution in [3.63, 3.8) is 0 Å². The zero-order valence-corrected chi connectivity index (χ0v) is 14.8. The Morgan fingerprint density at radius 3 is 2.84 bits per heavy atom. The number of ether oxygens (including phenoxy) is 2. The van der Waals surface area contributed by atoms with Gasteiger partial charge in [0.25, 0.3) is 5.91 Å². The highest BCUT2D eigenvalue weighted by Crippen LogP contribution is 2.34. The molecule has 0 bridgehead atoms. The first-order chi connectivity index (χ1) is 12.1. The van der Waals surface area contributed by atoms with E-state index in [1.54, 1.807) is 23.1 Å². The average Bonchev–Trinajstić information content (AvgIpc) is 3.04. The van der Waals surface area contributed by atoms with Crippen molar-refractivity contribution in [2.24, 2.45) is 5.92 Å². The lowest BCUT2D eigenvalue weighted by atomic mass is 10.1. The summed E-state index contributed by atoms with van der Waals surface area (Å²) < 4.78 is 16.5. The zero-order valence-electron chi connectivity index (χ0n) is 14.8. The standard InChI is InChI=1S/C18H23N3O4/c1-4-21(11-15-19-16(25-20-15)10-12(2)3)18(22)13-6-5-7-14-17(13)24-9-8-23-14/h5-7,12H,4,8-11H2,1-3H3. The third kappa shape index (κ3) is 3.92. The number of hydrogen-bond donors (Lipinski definition) is 0. The molecule has 2 heterocycles. The van der Waals surface area contributed by atoms with Gasteiger partial charge in [0.1, 0.15) is 13.2 Å². The van der Waals surface area contributed by atoms with Crippen LogP contribution in [-0.2, 0) is 13.0 Å². The quantitative estimate of drug-likeness (QED) is 0.801. The van der Waals surface area contributed by atoms with Crippen LogP contribution in [0.5, 0.6) is 11.5 Å². The van der Waals surface area contributed by atoms with Crippen LogP contribution in [0.1, 0.15) is 42.8 Å². The SMILES string of the molecule is CCN(Cc1noc(CC(C)C)n1)C(=O)c1cccc2c1OCCO2. The molecule has 7 heteroatoms. The first kappa shape index (κ1) is 17.3. The first-order valence-corrected chi connectivity index (χ1v) is 8.57. The van der Waals surface area contributed by atoms with Crippen LogP contribution in [0.3, 0.4) is 0 Å². The van der Waals surface area contributed by atoms with Crippen molar-refractivity contribution in [3.8, 4) is 11.5 Å². The largest absolute Gasteiger partial charge is 0.486 e. The maximum absolute atomic E-state index is 12.9. The van der Waals surface area contributed by atoms with E-state index >= 15 is 0 Å². The number of amides is 1. The fourth-order valence-electron chi connectivity index (χ4n) is 2.70. The number of carbonyl (C=O) groups excluding carboxylic acids is 1. The molecule has 0 saturated carbocycles. The Bertz CT molecular complexity index is 742. The van der Waals surface area contributed by atoms with Gasteiger partial charge in [-0.15, -0.1) is 0 Å². The summed E-state index contributed by atoms with van der Waals surface area (Å²) in [4.78, 5) is 19.0. The van der Waals surface area contributed by atoms with Crippen molar-refractivity contribution in [1.82, 2.24) is 15.0 Å². The molecule has 0 unspecified atom stereocenters. The number of fused-ring (bicyclic) bond motifs is 1. The van der Waals surface area contributed by atoms with Crippen LogP contribution in [0, 0.1) is 5.92 Å². The maximum atomic E-state index is 12.9. The Balaban J connectivity index is 1.77. The summed E-state index contributed by atoms with van der Waals surface area (Å²) in [6, 6.07) is 5.35. The van der Waals surface area contributed by atoms with Crippen molar-refractivity contribution in [2.75, 3.05) is 19.8 Å². The number of rotatable bonds is 6. The van der Waals surface area contributed by atoms with Crippen LogP contribution in [0.25, 0.3) is 0 Å². The summed E-state index contributed by atoms with van der Waals surface area (Å²) in [6.45, 7) is 7.84. The molecule has 2 aromatic rings. The van der Waals surface area contributed by atoms with Gasteiger partial charge in [0.15, 0.2) is 17.3 Å². The predicted molar refractivity (Wildman–Crippen MR) is 90.7 cm³/mol. The lowest BCUT2D eigenvalue weighted by Gasteiger charge is -2.24. The van der Waals surface area contributed by atoms with E-state index in [9.17, 15) is 4.79 Å². The molecule has 134 valence electrons. The molecule has 0 fully saturated rings. The second-order valence-electron chi connectivity index (χ2n) is 6.35. The van der Waals surface area contributed by atoms with Crippen LogP contribution in [-0.4, -0.2) is 40.7 Å². The monoisotopic (exact) mass is 345 g/mol. The molecule has 1 aromatic heterocycles. The third-order valence-electron chi connectivity index (χ3n) is 3.89. The van der Waals surface area contributed by atoms with Gasteiger partial charge < -0.3 is 18.9 Å². The molecule has 0 N–H and O–H groups in total. The summed E-state index contributed by atoms with van der Waals surface area (Å²) in [5.74, 6) is 2.51. The van der Waals surface area contributed by atoms with Crippen LogP contribution in [0.4, 0.5) is 0 Å². The molecule has 1 amide bonds. The number of nitrogens with zero attached hydrogens (tertiary/aromatic N) is 3. The Morgan fingerprint density at radius 1 is 1.28 bits per heavy atom. The highest BCUT2D eigenvalue weighted by molar-refractivity contribution is 5.97. The second kappa shape index (κ2) is 7.55. The Hall–Kier alpha value is -2.57.